The fourth-order valence-electron chi connectivity index (χ4n) is 1.44. The first-order valence-electron chi connectivity index (χ1n) is 5.80. The Morgan fingerprint density at radius 2 is 2.20 bits per heavy atom. The molecular formula is C13H13N3O4. The molecule has 2 aromatic heterocycles. The molecule has 2 amide bonds. The van der Waals surface area contributed by atoms with Crippen LogP contribution in [0.2, 0.25) is 0 Å². The normalized spacial score (nSPS) is 9.85. The summed E-state index contributed by atoms with van der Waals surface area (Å²) in [6, 6.07) is 6.38. The number of carbonyl (C=O) groups is 2. The van der Waals surface area contributed by atoms with Crippen molar-refractivity contribution in [1.82, 2.24) is 10.3 Å². The number of furan rings is 1. The molecule has 0 spiro atoms. The molecule has 0 radical (unpaired) electrons. The van der Waals surface area contributed by atoms with Gasteiger partial charge in [-0.15, -0.1) is 0 Å². The second-order valence-electron chi connectivity index (χ2n) is 3.80. The third-order valence-electron chi connectivity index (χ3n) is 2.38. The molecule has 0 aliphatic heterocycles. The number of ether oxygens (including phenoxy) is 1. The lowest BCUT2D eigenvalue weighted by atomic mass is 10.4. The summed E-state index contributed by atoms with van der Waals surface area (Å²) >= 11 is 0. The van der Waals surface area contributed by atoms with Gasteiger partial charge in [0.1, 0.15) is 0 Å². The smallest absolute Gasteiger partial charge is 0.287 e. The molecule has 2 N–H and O–H groups in total. The molecule has 20 heavy (non-hydrogen) atoms. The van der Waals surface area contributed by atoms with Crippen molar-refractivity contribution in [3.63, 3.8) is 0 Å². The minimum absolute atomic E-state index is 0.156. The minimum atomic E-state index is -0.446. The van der Waals surface area contributed by atoms with E-state index in [-0.39, 0.29) is 18.2 Å². The van der Waals surface area contributed by atoms with Crippen molar-refractivity contribution >= 4 is 17.5 Å². The van der Waals surface area contributed by atoms with Crippen LogP contribution in [0.1, 0.15) is 10.6 Å². The van der Waals surface area contributed by atoms with Gasteiger partial charge in [0.15, 0.2) is 5.76 Å². The maximum atomic E-state index is 11.6. The van der Waals surface area contributed by atoms with Gasteiger partial charge in [0, 0.05) is 6.07 Å². The van der Waals surface area contributed by atoms with Gasteiger partial charge >= 0.3 is 0 Å². The number of rotatable bonds is 5. The molecule has 0 saturated heterocycles. The summed E-state index contributed by atoms with van der Waals surface area (Å²) in [7, 11) is 1.50. The molecule has 0 bridgehead atoms. The van der Waals surface area contributed by atoms with E-state index in [2.05, 4.69) is 15.6 Å². The third kappa shape index (κ3) is 3.58. The first kappa shape index (κ1) is 13.6. The Kier molecular flexibility index (Phi) is 4.33. The van der Waals surface area contributed by atoms with Gasteiger partial charge in [-0.2, -0.15) is 0 Å². The van der Waals surface area contributed by atoms with Crippen LogP contribution in [0.15, 0.2) is 41.1 Å². The minimum Gasteiger partial charge on any atom is -0.481 e. The molecule has 2 rings (SSSR count). The molecular weight excluding hydrogens is 262 g/mol. The molecule has 0 aliphatic carbocycles. The van der Waals surface area contributed by atoms with E-state index in [1.54, 1.807) is 18.2 Å². The highest BCUT2D eigenvalue weighted by Gasteiger charge is 2.10. The Bertz CT molecular complexity index is 578. The zero-order valence-corrected chi connectivity index (χ0v) is 10.8. The van der Waals surface area contributed by atoms with Gasteiger partial charge in [0.05, 0.1) is 31.8 Å². The van der Waals surface area contributed by atoms with Crippen molar-refractivity contribution in [3.8, 4) is 5.88 Å². The van der Waals surface area contributed by atoms with Crippen LogP contribution in [0.5, 0.6) is 5.88 Å². The molecule has 0 unspecified atom stereocenters. The number of hydrogen-bond acceptors (Lipinski definition) is 5. The number of aromatic nitrogens is 1. The molecule has 0 aliphatic rings. The van der Waals surface area contributed by atoms with Gasteiger partial charge < -0.3 is 19.8 Å². The Labute approximate surface area is 114 Å². The van der Waals surface area contributed by atoms with Crippen LogP contribution >= 0.6 is 0 Å². The second-order valence-corrected chi connectivity index (χ2v) is 3.80. The number of amides is 2. The maximum absolute atomic E-state index is 11.6. The van der Waals surface area contributed by atoms with Gasteiger partial charge in [0.25, 0.3) is 5.91 Å². The number of nitrogens with zero attached hydrogens (tertiary/aromatic N) is 1. The summed E-state index contributed by atoms with van der Waals surface area (Å²) in [5, 5.41) is 5.03. The van der Waals surface area contributed by atoms with E-state index in [1.165, 1.54) is 25.6 Å². The van der Waals surface area contributed by atoms with Crippen molar-refractivity contribution < 1.29 is 18.7 Å². The Morgan fingerprint density at radius 3 is 2.80 bits per heavy atom. The van der Waals surface area contributed by atoms with Crippen LogP contribution in [0.3, 0.4) is 0 Å². The molecule has 0 fully saturated rings. The van der Waals surface area contributed by atoms with Crippen molar-refractivity contribution in [3.05, 3.63) is 42.5 Å². The SMILES string of the molecule is COc1ccc(NC(=O)CNC(=O)c2ccco2)cn1. The van der Waals surface area contributed by atoms with E-state index in [0.29, 0.717) is 11.6 Å². The predicted octanol–water partition coefficient (Wildman–Crippen LogP) is 1.05. The summed E-state index contributed by atoms with van der Waals surface area (Å²) < 4.78 is 9.81. The summed E-state index contributed by atoms with van der Waals surface area (Å²) in [6.45, 7) is -0.161. The summed E-state index contributed by atoms with van der Waals surface area (Å²) in [5.74, 6) is -0.201. The van der Waals surface area contributed by atoms with E-state index >= 15 is 0 Å². The molecule has 0 atom stereocenters. The molecule has 2 aromatic rings. The van der Waals surface area contributed by atoms with Crippen molar-refractivity contribution in [1.29, 1.82) is 0 Å². The van der Waals surface area contributed by atoms with Gasteiger partial charge in [-0.3, -0.25) is 9.59 Å². The van der Waals surface area contributed by atoms with E-state index in [9.17, 15) is 9.59 Å². The van der Waals surface area contributed by atoms with Crippen molar-refractivity contribution in [2.24, 2.45) is 0 Å². The van der Waals surface area contributed by atoms with Crippen LogP contribution in [0, 0.1) is 0 Å². The number of methoxy groups -OCH3 is 1. The van der Waals surface area contributed by atoms with Crippen LogP contribution < -0.4 is 15.4 Å². The van der Waals surface area contributed by atoms with Gasteiger partial charge in [0.2, 0.25) is 11.8 Å². The van der Waals surface area contributed by atoms with E-state index in [1.807, 2.05) is 0 Å². The molecule has 2 heterocycles. The maximum Gasteiger partial charge on any atom is 0.287 e. The predicted molar refractivity (Wildman–Crippen MR) is 70.5 cm³/mol. The fraction of sp³-hybridized carbons (Fsp3) is 0.154. The molecule has 104 valence electrons. The Balaban J connectivity index is 1.81. The van der Waals surface area contributed by atoms with Crippen LogP contribution in [-0.4, -0.2) is 30.5 Å². The van der Waals surface area contributed by atoms with Crippen LogP contribution in [-0.2, 0) is 4.79 Å². The van der Waals surface area contributed by atoms with Crippen LogP contribution in [0.25, 0.3) is 0 Å². The zero-order valence-electron chi connectivity index (χ0n) is 10.8. The lowest BCUT2D eigenvalue weighted by Gasteiger charge is -2.06. The second kappa shape index (κ2) is 6.37. The molecule has 0 saturated carbocycles. The average Bonchev–Trinajstić information content (AvgIpc) is 3.00. The first-order valence-corrected chi connectivity index (χ1v) is 5.80. The van der Waals surface area contributed by atoms with E-state index in [0.717, 1.165) is 0 Å². The summed E-state index contributed by atoms with van der Waals surface area (Å²) in [6.07, 6.45) is 2.85. The van der Waals surface area contributed by atoms with Gasteiger partial charge in [-0.1, -0.05) is 0 Å². The average molecular weight is 275 g/mol. The number of pyridine rings is 1. The summed E-state index contributed by atoms with van der Waals surface area (Å²) in [5.41, 5.74) is 0.517. The largest absolute Gasteiger partial charge is 0.481 e. The van der Waals surface area contributed by atoms with Crippen molar-refractivity contribution in [2.45, 2.75) is 0 Å². The van der Waals surface area contributed by atoms with Crippen LogP contribution in [0.4, 0.5) is 5.69 Å². The highest BCUT2D eigenvalue weighted by atomic mass is 16.5. The lowest BCUT2D eigenvalue weighted by molar-refractivity contribution is -0.115. The van der Waals surface area contributed by atoms with Crippen molar-refractivity contribution in [2.75, 3.05) is 19.0 Å². The van der Waals surface area contributed by atoms with Gasteiger partial charge in [-0.25, -0.2) is 4.98 Å². The first-order chi connectivity index (χ1) is 9.69. The number of anilines is 1. The Morgan fingerprint density at radius 1 is 1.35 bits per heavy atom. The highest BCUT2D eigenvalue weighted by molar-refractivity contribution is 5.97. The molecule has 7 heteroatoms. The highest BCUT2D eigenvalue weighted by Crippen LogP contribution is 2.10. The monoisotopic (exact) mass is 275 g/mol. The Hall–Kier alpha value is -2.83. The molecule has 0 aromatic carbocycles. The number of carbonyl (C=O) groups excluding carboxylic acids is 2. The third-order valence-corrected chi connectivity index (χ3v) is 2.38. The quantitative estimate of drug-likeness (QED) is 0.850. The van der Waals surface area contributed by atoms with E-state index < -0.39 is 5.91 Å². The lowest BCUT2D eigenvalue weighted by Crippen LogP contribution is -2.32. The summed E-state index contributed by atoms with van der Waals surface area (Å²) in [4.78, 5) is 27.1. The number of hydrogen-bond donors (Lipinski definition) is 2. The van der Waals surface area contributed by atoms with Gasteiger partial charge in [-0.05, 0) is 18.2 Å². The fourth-order valence-corrected chi connectivity index (χ4v) is 1.44. The number of nitrogens with one attached hydrogen (secondary N) is 2. The topological polar surface area (TPSA) is 93.5 Å². The standard InChI is InChI=1S/C13H13N3O4/c1-19-12-5-4-9(7-14-12)16-11(17)8-15-13(18)10-3-2-6-20-10/h2-7H,8H2,1H3,(H,15,18)(H,16,17). The molecule has 7 nitrogen and oxygen atoms in total. The zero-order chi connectivity index (χ0) is 14.4. The van der Waals surface area contributed by atoms with E-state index in [4.69, 9.17) is 9.15 Å².